The Bertz CT molecular complexity index is 270. The number of aliphatic hydroxyl groups excluding tert-OH is 1. The molecule has 1 aliphatic carbocycles. The summed E-state index contributed by atoms with van der Waals surface area (Å²) >= 11 is 0. The van der Waals surface area contributed by atoms with Gasteiger partial charge in [0.2, 0.25) is 5.91 Å². The highest BCUT2D eigenvalue weighted by atomic mass is 35.5. The van der Waals surface area contributed by atoms with Gasteiger partial charge in [0.25, 0.3) is 0 Å². The van der Waals surface area contributed by atoms with E-state index in [1.165, 1.54) is 12.8 Å². The Morgan fingerprint density at radius 1 is 1.26 bits per heavy atom. The fourth-order valence-corrected chi connectivity index (χ4v) is 3.06. The molecule has 0 aromatic rings. The van der Waals surface area contributed by atoms with Crippen LogP contribution in [0, 0.1) is 11.8 Å². The number of amides is 1. The van der Waals surface area contributed by atoms with Crippen molar-refractivity contribution in [3.63, 3.8) is 0 Å². The first-order chi connectivity index (χ1) is 8.75. The van der Waals surface area contributed by atoms with Gasteiger partial charge in [0, 0.05) is 18.9 Å². The Morgan fingerprint density at radius 3 is 2.74 bits per heavy atom. The van der Waals surface area contributed by atoms with Gasteiger partial charge in [0.1, 0.15) is 0 Å². The zero-order chi connectivity index (χ0) is 12.8. The summed E-state index contributed by atoms with van der Waals surface area (Å²) in [6.07, 6.45) is 6.88. The quantitative estimate of drug-likeness (QED) is 0.718. The summed E-state index contributed by atoms with van der Waals surface area (Å²) < 4.78 is 0. The molecule has 112 valence electrons. The molecule has 3 N–H and O–H groups in total. The van der Waals surface area contributed by atoms with Crippen LogP contribution >= 0.6 is 12.4 Å². The fourth-order valence-electron chi connectivity index (χ4n) is 3.06. The molecule has 2 aliphatic rings. The van der Waals surface area contributed by atoms with Crippen molar-refractivity contribution in [1.29, 1.82) is 0 Å². The molecule has 19 heavy (non-hydrogen) atoms. The van der Waals surface area contributed by atoms with Crippen LogP contribution in [0.1, 0.15) is 44.9 Å². The number of nitrogens with one attached hydrogen (secondary N) is 2. The average molecular weight is 291 g/mol. The van der Waals surface area contributed by atoms with E-state index in [4.69, 9.17) is 0 Å². The minimum Gasteiger partial charge on any atom is -0.393 e. The third-order valence-corrected chi connectivity index (χ3v) is 4.37. The van der Waals surface area contributed by atoms with Gasteiger partial charge in [0.05, 0.1) is 6.10 Å². The molecule has 1 aliphatic heterocycles. The first-order valence-electron chi connectivity index (χ1n) is 7.41. The average Bonchev–Trinajstić information content (AvgIpc) is 2.88. The van der Waals surface area contributed by atoms with Gasteiger partial charge in [-0.05, 0) is 44.7 Å². The van der Waals surface area contributed by atoms with Crippen molar-refractivity contribution < 1.29 is 9.90 Å². The van der Waals surface area contributed by atoms with Gasteiger partial charge >= 0.3 is 0 Å². The lowest BCUT2D eigenvalue weighted by atomic mass is 9.86. The third kappa shape index (κ3) is 5.67. The predicted molar refractivity (Wildman–Crippen MR) is 78.4 cm³/mol. The van der Waals surface area contributed by atoms with Crippen molar-refractivity contribution in [2.24, 2.45) is 11.8 Å². The minimum absolute atomic E-state index is 0. The lowest BCUT2D eigenvalue weighted by molar-refractivity contribution is -0.121. The van der Waals surface area contributed by atoms with E-state index >= 15 is 0 Å². The van der Waals surface area contributed by atoms with Crippen LogP contribution in [-0.2, 0) is 4.79 Å². The van der Waals surface area contributed by atoms with E-state index in [0.29, 0.717) is 18.9 Å². The van der Waals surface area contributed by atoms with Crippen LogP contribution in [0.25, 0.3) is 0 Å². The van der Waals surface area contributed by atoms with E-state index in [2.05, 4.69) is 10.6 Å². The standard InChI is InChI=1S/C14H26N2O2.ClH/c17-13-4-2-1-3-12(13)10-16-14(18)6-5-11-7-8-15-9-11;/h11-13,15,17H,1-10H2,(H,16,18);1H. The summed E-state index contributed by atoms with van der Waals surface area (Å²) in [5.74, 6) is 1.10. The molecule has 1 saturated carbocycles. The van der Waals surface area contributed by atoms with Crippen molar-refractivity contribution in [2.45, 2.75) is 51.0 Å². The number of hydrogen-bond donors (Lipinski definition) is 3. The number of hydrogen-bond acceptors (Lipinski definition) is 3. The van der Waals surface area contributed by atoms with Gasteiger partial charge in [-0.3, -0.25) is 4.79 Å². The van der Waals surface area contributed by atoms with Crippen LogP contribution in [0.2, 0.25) is 0 Å². The smallest absolute Gasteiger partial charge is 0.220 e. The first-order valence-corrected chi connectivity index (χ1v) is 7.41. The van der Waals surface area contributed by atoms with Crippen molar-refractivity contribution in [2.75, 3.05) is 19.6 Å². The summed E-state index contributed by atoms with van der Waals surface area (Å²) in [6.45, 7) is 2.82. The van der Waals surface area contributed by atoms with Gasteiger partial charge < -0.3 is 15.7 Å². The highest BCUT2D eigenvalue weighted by Gasteiger charge is 2.23. The molecule has 0 aromatic carbocycles. The van der Waals surface area contributed by atoms with Gasteiger partial charge in [-0.2, -0.15) is 0 Å². The molecule has 4 nitrogen and oxygen atoms in total. The van der Waals surface area contributed by atoms with Crippen LogP contribution in [0.3, 0.4) is 0 Å². The van der Waals surface area contributed by atoms with E-state index in [1.54, 1.807) is 0 Å². The molecule has 0 spiro atoms. The van der Waals surface area contributed by atoms with Crippen molar-refractivity contribution in [1.82, 2.24) is 10.6 Å². The van der Waals surface area contributed by atoms with E-state index in [1.807, 2.05) is 0 Å². The number of aliphatic hydroxyl groups is 1. The Hall–Kier alpha value is -0.320. The van der Waals surface area contributed by atoms with Crippen molar-refractivity contribution in [3.05, 3.63) is 0 Å². The second-order valence-corrected chi connectivity index (χ2v) is 5.81. The second kappa shape index (κ2) is 8.77. The SMILES string of the molecule is Cl.O=C(CCC1CCNC1)NCC1CCCCC1O. The minimum atomic E-state index is -0.210. The largest absolute Gasteiger partial charge is 0.393 e. The maximum Gasteiger partial charge on any atom is 0.220 e. The Morgan fingerprint density at radius 2 is 2.05 bits per heavy atom. The maximum atomic E-state index is 11.7. The molecule has 1 amide bonds. The first kappa shape index (κ1) is 16.7. The van der Waals surface area contributed by atoms with E-state index in [9.17, 15) is 9.90 Å². The lowest BCUT2D eigenvalue weighted by Crippen LogP contribution is -2.36. The molecule has 2 rings (SSSR count). The number of carbonyl (C=O) groups excluding carboxylic acids is 1. The Balaban J connectivity index is 0.00000180. The number of rotatable bonds is 5. The van der Waals surface area contributed by atoms with Gasteiger partial charge in [-0.1, -0.05) is 12.8 Å². The maximum absolute atomic E-state index is 11.7. The molecule has 1 heterocycles. The van der Waals surface area contributed by atoms with Crippen LogP contribution in [0.5, 0.6) is 0 Å². The molecule has 0 radical (unpaired) electrons. The van der Waals surface area contributed by atoms with Gasteiger partial charge in [0.15, 0.2) is 0 Å². The van der Waals surface area contributed by atoms with Crippen LogP contribution in [0.4, 0.5) is 0 Å². The molecule has 3 unspecified atom stereocenters. The zero-order valence-corrected chi connectivity index (χ0v) is 12.4. The van der Waals surface area contributed by atoms with Crippen LogP contribution in [0.15, 0.2) is 0 Å². The molecular formula is C14H27ClN2O2. The zero-order valence-electron chi connectivity index (χ0n) is 11.6. The summed E-state index contributed by atoms with van der Waals surface area (Å²) in [7, 11) is 0. The molecule has 0 aromatic heterocycles. The highest BCUT2D eigenvalue weighted by molar-refractivity contribution is 5.85. The summed E-state index contributed by atoms with van der Waals surface area (Å²) in [4.78, 5) is 11.7. The summed E-state index contributed by atoms with van der Waals surface area (Å²) in [6, 6.07) is 0. The summed E-state index contributed by atoms with van der Waals surface area (Å²) in [5, 5.41) is 16.1. The van der Waals surface area contributed by atoms with Gasteiger partial charge in [-0.15, -0.1) is 12.4 Å². The second-order valence-electron chi connectivity index (χ2n) is 5.81. The molecule has 0 bridgehead atoms. The summed E-state index contributed by atoms with van der Waals surface area (Å²) in [5.41, 5.74) is 0. The number of halogens is 1. The topological polar surface area (TPSA) is 61.4 Å². The Kier molecular flexibility index (Phi) is 7.73. The molecule has 5 heteroatoms. The van der Waals surface area contributed by atoms with E-state index in [0.717, 1.165) is 38.8 Å². The molecule has 3 atom stereocenters. The lowest BCUT2D eigenvalue weighted by Gasteiger charge is -2.27. The fraction of sp³-hybridized carbons (Fsp3) is 0.929. The highest BCUT2D eigenvalue weighted by Crippen LogP contribution is 2.23. The molecule has 1 saturated heterocycles. The van der Waals surface area contributed by atoms with Crippen LogP contribution < -0.4 is 10.6 Å². The van der Waals surface area contributed by atoms with Gasteiger partial charge in [-0.25, -0.2) is 0 Å². The van der Waals surface area contributed by atoms with E-state index in [-0.39, 0.29) is 30.3 Å². The Labute approximate surface area is 122 Å². The number of carbonyl (C=O) groups is 1. The van der Waals surface area contributed by atoms with E-state index < -0.39 is 0 Å². The van der Waals surface area contributed by atoms with Crippen LogP contribution in [-0.4, -0.2) is 36.8 Å². The van der Waals surface area contributed by atoms with Crippen molar-refractivity contribution >= 4 is 18.3 Å². The predicted octanol–water partition coefficient (Wildman–Crippen LogP) is 1.47. The normalized spacial score (nSPS) is 30.7. The third-order valence-electron chi connectivity index (χ3n) is 4.37. The molecule has 2 fully saturated rings. The molecular weight excluding hydrogens is 264 g/mol. The van der Waals surface area contributed by atoms with Crippen molar-refractivity contribution in [3.8, 4) is 0 Å². The monoisotopic (exact) mass is 290 g/mol.